The Bertz CT molecular complexity index is 354. The molecule has 75 valence electrons. The molecule has 0 amide bonds. The number of halogens is 1. The molecular weight excluding hydrogens is 299 g/mol. The van der Waals surface area contributed by atoms with Gasteiger partial charge in [-0.1, -0.05) is 6.92 Å². The molecule has 0 aromatic carbocycles. The van der Waals surface area contributed by atoms with Crippen molar-refractivity contribution in [3.8, 4) is 0 Å². The molecule has 5 heteroatoms. The van der Waals surface area contributed by atoms with Crippen LogP contribution in [0.3, 0.4) is 0 Å². The van der Waals surface area contributed by atoms with Gasteiger partial charge in [0.1, 0.15) is 0 Å². The van der Waals surface area contributed by atoms with Crippen molar-refractivity contribution in [1.29, 1.82) is 0 Å². The minimum Gasteiger partial charge on any atom is -0.208 e. The molecule has 0 N–H and O–H groups in total. The Morgan fingerprint density at radius 1 is 1.38 bits per heavy atom. The van der Waals surface area contributed by atoms with Gasteiger partial charge < -0.3 is 0 Å². The monoisotopic (exact) mass is 306 g/mol. The second-order valence-corrected chi connectivity index (χ2v) is 5.01. The zero-order valence-electron chi connectivity index (χ0n) is 6.82. The van der Waals surface area contributed by atoms with Crippen molar-refractivity contribution in [2.45, 2.75) is 6.92 Å². The average molecular weight is 307 g/mol. The van der Waals surface area contributed by atoms with Crippen LogP contribution in [-0.2, 0) is 28.5 Å². The van der Waals surface area contributed by atoms with Crippen LogP contribution in [0.5, 0.6) is 0 Å². The van der Waals surface area contributed by atoms with E-state index in [1.807, 2.05) is 13.0 Å². The molecule has 0 atom stereocenters. The van der Waals surface area contributed by atoms with E-state index in [0.29, 0.717) is 0 Å². The Labute approximate surface area is 95.5 Å². The van der Waals surface area contributed by atoms with E-state index in [9.17, 15) is 8.42 Å². The topological polar surface area (TPSA) is 34.1 Å². The van der Waals surface area contributed by atoms with Gasteiger partial charge >= 0.3 is 0 Å². The Kier molecular flexibility index (Phi) is 4.97. The quantitative estimate of drug-likeness (QED) is 0.423. The van der Waals surface area contributed by atoms with E-state index < -0.39 is 9.05 Å². The minimum absolute atomic E-state index is 0. The van der Waals surface area contributed by atoms with Crippen LogP contribution in [0.2, 0.25) is 0 Å². The summed E-state index contributed by atoms with van der Waals surface area (Å²) in [5, 5.41) is 0. The fraction of sp³-hybridized carbons (Fsp3) is 0.125. The molecule has 0 saturated carbocycles. The summed E-state index contributed by atoms with van der Waals surface area (Å²) in [6.45, 7) is 1.88. The van der Waals surface area contributed by atoms with Crippen molar-refractivity contribution in [2.75, 3.05) is 0 Å². The van der Waals surface area contributed by atoms with Gasteiger partial charge in [-0.2, -0.15) is 24.1 Å². The summed E-state index contributed by atoms with van der Waals surface area (Å²) in [7, 11) is 1.55. The van der Waals surface area contributed by atoms with Crippen LogP contribution in [0.1, 0.15) is 6.92 Å². The molecule has 1 aliphatic carbocycles. The first-order valence-corrected chi connectivity index (χ1v) is 5.66. The second-order valence-electron chi connectivity index (χ2n) is 2.44. The summed E-state index contributed by atoms with van der Waals surface area (Å²) in [5.41, 5.74) is 0. The van der Waals surface area contributed by atoms with Crippen molar-refractivity contribution in [3.63, 3.8) is 0 Å². The summed E-state index contributed by atoms with van der Waals surface area (Å²) >= 11 is 0. The van der Waals surface area contributed by atoms with Crippen LogP contribution in [0.4, 0.5) is 0 Å². The van der Waals surface area contributed by atoms with Crippen molar-refractivity contribution >= 4 is 19.7 Å². The third kappa shape index (κ3) is 4.12. The first-order chi connectivity index (χ1) is 5.50. The predicted octanol–water partition coefficient (Wildman–Crippen LogP) is 2.16. The molecule has 0 saturated heterocycles. The minimum atomic E-state index is -3.59. The summed E-state index contributed by atoms with van der Waals surface area (Å²) in [6, 6.07) is 0. The van der Waals surface area contributed by atoms with Gasteiger partial charge in [-0.25, -0.2) is 8.42 Å². The van der Waals surface area contributed by atoms with Gasteiger partial charge in [0.15, 0.2) is 0 Å². The number of allylic oxidation sites excluding steroid dienone is 5. The molecule has 1 rings (SSSR count). The fourth-order valence-electron chi connectivity index (χ4n) is 0.782. The van der Waals surface area contributed by atoms with Gasteiger partial charge in [-0.15, -0.1) is 12.2 Å². The number of rotatable bonds is 1. The zero-order valence-corrected chi connectivity index (χ0v) is 10.0. The van der Waals surface area contributed by atoms with E-state index in [0.717, 1.165) is 5.92 Å². The number of hydrogen-bond acceptors (Lipinski definition) is 2. The first-order valence-electron chi connectivity index (χ1n) is 3.35. The molecule has 0 aliphatic heterocycles. The van der Waals surface area contributed by atoms with E-state index in [4.69, 9.17) is 10.7 Å². The van der Waals surface area contributed by atoms with Crippen molar-refractivity contribution < 1.29 is 27.9 Å². The molecule has 1 aliphatic rings. The largest absolute Gasteiger partial charge is 0.248 e. The Morgan fingerprint density at radius 2 is 2.00 bits per heavy atom. The molecule has 1 radical (unpaired) electrons. The van der Waals surface area contributed by atoms with Crippen molar-refractivity contribution in [2.24, 2.45) is 0 Å². The van der Waals surface area contributed by atoms with Crippen LogP contribution < -0.4 is 0 Å². The fourth-order valence-corrected chi connectivity index (χ4v) is 1.56. The standard InChI is InChI=1S/C8H8ClO2S.Rh/c1-7-3-2-4-8(6-5-7)12(9,10)11;/h2-6H,1H3;/q-1;. The molecule has 13 heavy (non-hydrogen) atoms. The summed E-state index contributed by atoms with van der Waals surface area (Å²) in [5.74, 6) is 0.988. The molecule has 0 aromatic heterocycles. The van der Waals surface area contributed by atoms with Crippen LogP contribution in [0.25, 0.3) is 0 Å². The molecule has 0 bridgehead atoms. The van der Waals surface area contributed by atoms with Gasteiger partial charge in [0.2, 0.25) is 9.05 Å². The van der Waals surface area contributed by atoms with E-state index in [1.54, 1.807) is 12.2 Å². The number of hydrogen-bond donors (Lipinski definition) is 0. The van der Waals surface area contributed by atoms with Gasteiger partial charge in [-0.05, 0) is 0 Å². The average Bonchev–Trinajstić information content (AvgIpc) is 2.11. The van der Waals surface area contributed by atoms with E-state index in [-0.39, 0.29) is 24.4 Å². The molecule has 0 spiro atoms. The molecule has 0 unspecified atom stereocenters. The summed E-state index contributed by atoms with van der Waals surface area (Å²) in [4.78, 5) is 0.122. The maximum Gasteiger partial charge on any atom is 0.248 e. The first kappa shape index (κ1) is 13.0. The van der Waals surface area contributed by atoms with Crippen molar-refractivity contribution in [3.05, 3.63) is 41.2 Å². The van der Waals surface area contributed by atoms with E-state index >= 15 is 0 Å². The van der Waals surface area contributed by atoms with Crippen LogP contribution >= 0.6 is 10.7 Å². The molecule has 0 fully saturated rings. The van der Waals surface area contributed by atoms with Crippen LogP contribution in [0.15, 0.2) is 35.3 Å². The Balaban J connectivity index is 0.00000144. The summed E-state index contributed by atoms with van der Waals surface area (Å²) < 4.78 is 21.7. The smallest absolute Gasteiger partial charge is 0.208 e. The maximum absolute atomic E-state index is 10.8. The predicted molar refractivity (Wildman–Crippen MR) is 50.1 cm³/mol. The van der Waals surface area contributed by atoms with Gasteiger partial charge in [0.05, 0.1) is 0 Å². The van der Waals surface area contributed by atoms with E-state index in [2.05, 4.69) is 0 Å². The van der Waals surface area contributed by atoms with Crippen LogP contribution in [0, 0.1) is 5.92 Å². The molecular formula is C8H8ClO2RhS-. The molecule has 2 nitrogen and oxygen atoms in total. The summed E-state index contributed by atoms with van der Waals surface area (Å²) in [6.07, 6.45) is 8.12. The zero-order chi connectivity index (χ0) is 9.19. The Hall–Kier alpha value is -0.0466. The second kappa shape index (κ2) is 4.99. The third-order valence-electron chi connectivity index (χ3n) is 1.41. The molecule has 0 heterocycles. The third-order valence-corrected chi connectivity index (χ3v) is 2.78. The van der Waals surface area contributed by atoms with Gasteiger partial charge in [0, 0.05) is 35.1 Å². The Morgan fingerprint density at radius 3 is 2.54 bits per heavy atom. The van der Waals surface area contributed by atoms with Gasteiger partial charge in [-0.3, -0.25) is 0 Å². The normalized spacial score (nSPS) is 16.2. The van der Waals surface area contributed by atoms with E-state index in [1.165, 1.54) is 12.2 Å². The SMILES string of the molecule is C[C-]1C=CC=C(S(=O)(=O)Cl)C=C1.[Rh]. The van der Waals surface area contributed by atoms with Crippen molar-refractivity contribution in [1.82, 2.24) is 0 Å². The van der Waals surface area contributed by atoms with Gasteiger partial charge in [0.25, 0.3) is 0 Å². The van der Waals surface area contributed by atoms with Crippen LogP contribution in [-0.4, -0.2) is 8.42 Å². The maximum atomic E-state index is 10.8. The molecule has 0 aromatic rings.